The van der Waals surface area contributed by atoms with Crippen molar-refractivity contribution >= 4 is 17.5 Å². The highest BCUT2D eigenvalue weighted by Gasteiger charge is 2.28. The Hall–Kier alpha value is -3.28. The largest absolute Gasteiger partial charge is 0.368 e. The smallest absolute Gasteiger partial charge is 0.254 e. The van der Waals surface area contributed by atoms with Crippen LogP contribution in [0.25, 0.3) is 0 Å². The molecule has 2 unspecified atom stereocenters. The number of carbonyl (C=O) groups is 2. The molecule has 2 fully saturated rings. The summed E-state index contributed by atoms with van der Waals surface area (Å²) in [6, 6.07) is 14.7. The normalized spacial score (nSPS) is 19.9. The first-order chi connectivity index (χ1) is 15.5. The molecule has 2 aromatic rings. The molecule has 2 aliphatic rings. The number of hydrogen-bond acceptors (Lipinski definition) is 5. The van der Waals surface area contributed by atoms with Gasteiger partial charge in [0.2, 0.25) is 0 Å². The molecular weight excluding hydrogens is 411 g/mol. The molecule has 0 saturated carbocycles. The molecule has 2 saturated heterocycles. The second kappa shape index (κ2) is 9.90. The van der Waals surface area contributed by atoms with Crippen LogP contribution in [0, 0.1) is 17.1 Å². The number of piperazine rings is 1. The number of halogens is 1. The summed E-state index contributed by atoms with van der Waals surface area (Å²) in [5.74, 6) is -0.646. The van der Waals surface area contributed by atoms with Crippen LogP contribution in [-0.4, -0.2) is 60.5 Å². The van der Waals surface area contributed by atoms with E-state index in [4.69, 9.17) is 4.74 Å². The average Bonchev–Trinajstić information content (AvgIpc) is 3.36. The van der Waals surface area contributed by atoms with Crippen LogP contribution in [0.1, 0.15) is 34.8 Å². The van der Waals surface area contributed by atoms with Crippen molar-refractivity contribution < 1.29 is 18.7 Å². The van der Waals surface area contributed by atoms with Crippen molar-refractivity contribution in [2.75, 3.05) is 38.1 Å². The van der Waals surface area contributed by atoms with Gasteiger partial charge in [-0.05, 0) is 48.7 Å². The monoisotopic (exact) mass is 436 g/mol. The fourth-order valence-corrected chi connectivity index (χ4v) is 4.12. The van der Waals surface area contributed by atoms with Gasteiger partial charge in [-0.15, -0.1) is 0 Å². The zero-order chi connectivity index (χ0) is 22.5. The van der Waals surface area contributed by atoms with E-state index in [2.05, 4.69) is 11.4 Å². The van der Waals surface area contributed by atoms with Crippen LogP contribution in [0.5, 0.6) is 0 Å². The van der Waals surface area contributed by atoms with Crippen molar-refractivity contribution in [2.45, 2.75) is 25.0 Å². The topological polar surface area (TPSA) is 85.7 Å². The molecule has 4 rings (SSSR count). The van der Waals surface area contributed by atoms with Gasteiger partial charge in [-0.25, -0.2) is 4.39 Å². The summed E-state index contributed by atoms with van der Waals surface area (Å²) in [5.41, 5.74) is 1.80. The van der Waals surface area contributed by atoms with Crippen LogP contribution < -0.4 is 5.32 Å². The van der Waals surface area contributed by atoms with E-state index >= 15 is 0 Å². The van der Waals surface area contributed by atoms with Crippen molar-refractivity contribution in [1.29, 1.82) is 5.26 Å². The van der Waals surface area contributed by atoms with Crippen LogP contribution in [0.3, 0.4) is 0 Å². The van der Waals surface area contributed by atoms with Crippen molar-refractivity contribution in [3.05, 3.63) is 65.5 Å². The number of anilines is 1. The number of rotatable bonds is 5. The molecule has 0 radical (unpaired) electrons. The van der Waals surface area contributed by atoms with Crippen molar-refractivity contribution in [1.82, 2.24) is 9.80 Å². The quantitative estimate of drug-likeness (QED) is 0.779. The number of carbonyl (C=O) groups excluding carboxylic acids is 2. The average molecular weight is 436 g/mol. The zero-order valence-electron chi connectivity index (χ0n) is 17.7. The summed E-state index contributed by atoms with van der Waals surface area (Å²) >= 11 is 0. The predicted octanol–water partition coefficient (Wildman–Crippen LogP) is 2.97. The van der Waals surface area contributed by atoms with Gasteiger partial charge in [0, 0.05) is 44.0 Å². The molecule has 2 amide bonds. The number of hydrogen-bond donors (Lipinski definition) is 1. The maximum Gasteiger partial charge on any atom is 0.254 e. The Morgan fingerprint density at radius 2 is 1.88 bits per heavy atom. The van der Waals surface area contributed by atoms with Crippen LogP contribution in [-0.2, 0) is 9.53 Å². The van der Waals surface area contributed by atoms with E-state index in [0.717, 1.165) is 12.0 Å². The molecule has 2 heterocycles. The Morgan fingerprint density at radius 1 is 1.12 bits per heavy atom. The number of amides is 2. The lowest BCUT2D eigenvalue weighted by molar-refractivity contribution is -0.124. The summed E-state index contributed by atoms with van der Waals surface area (Å²) < 4.78 is 18.6. The van der Waals surface area contributed by atoms with Crippen LogP contribution in [0.4, 0.5) is 10.1 Å². The van der Waals surface area contributed by atoms with E-state index in [9.17, 15) is 19.2 Å². The third-order valence-corrected chi connectivity index (χ3v) is 5.87. The molecule has 32 heavy (non-hydrogen) atoms. The van der Waals surface area contributed by atoms with Crippen molar-refractivity contribution in [2.24, 2.45) is 0 Å². The molecule has 0 bridgehead atoms. The molecule has 1 N–H and O–H groups in total. The highest BCUT2D eigenvalue weighted by Crippen LogP contribution is 2.23. The minimum atomic E-state index is -0.482. The van der Waals surface area contributed by atoms with E-state index in [1.165, 1.54) is 12.1 Å². The second-order valence-electron chi connectivity index (χ2n) is 7.98. The van der Waals surface area contributed by atoms with Gasteiger partial charge in [-0.3, -0.25) is 14.5 Å². The van der Waals surface area contributed by atoms with E-state index in [1.54, 1.807) is 41.3 Å². The van der Waals surface area contributed by atoms with E-state index in [1.807, 2.05) is 4.90 Å². The molecule has 0 aromatic heterocycles. The lowest BCUT2D eigenvalue weighted by atomic mass is 10.1. The third kappa shape index (κ3) is 4.96. The van der Waals surface area contributed by atoms with Gasteiger partial charge in [0.05, 0.1) is 6.07 Å². The minimum Gasteiger partial charge on any atom is -0.368 e. The SMILES string of the molecule is N#CC(c1ccc(F)cc1)N1CCN(C(=O)c2cccc(NC(=O)C3CCCO3)c2)CC1. The van der Waals surface area contributed by atoms with Gasteiger partial charge >= 0.3 is 0 Å². The fourth-order valence-electron chi connectivity index (χ4n) is 4.12. The van der Waals surface area contributed by atoms with Crippen molar-refractivity contribution in [3.8, 4) is 6.07 Å². The van der Waals surface area contributed by atoms with Gasteiger partial charge in [-0.2, -0.15) is 5.26 Å². The number of ether oxygens (including phenoxy) is 1. The lowest BCUT2D eigenvalue weighted by Crippen LogP contribution is -2.49. The third-order valence-electron chi connectivity index (χ3n) is 5.87. The van der Waals surface area contributed by atoms with Crippen LogP contribution in [0.15, 0.2) is 48.5 Å². The number of nitriles is 1. The summed E-state index contributed by atoms with van der Waals surface area (Å²) in [4.78, 5) is 29.0. The number of benzene rings is 2. The minimum absolute atomic E-state index is 0.117. The molecule has 8 heteroatoms. The Labute approximate surface area is 186 Å². The molecule has 166 valence electrons. The summed E-state index contributed by atoms with van der Waals surface area (Å²) in [7, 11) is 0. The molecule has 2 atom stereocenters. The summed E-state index contributed by atoms with van der Waals surface area (Å²) in [6.07, 6.45) is 1.14. The first kappa shape index (κ1) is 21.9. The van der Waals surface area contributed by atoms with Crippen LogP contribution >= 0.6 is 0 Å². The zero-order valence-corrected chi connectivity index (χ0v) is 17.7. The molecule has 0 aliphatic carbocycles. The lowest BCUT2D eigenvalue weighted by Gasteiger charge is -2.37. The van der Waals surface area contributed by atoms with Gasteiger partial charge in [0.25, 0.3) is 11.8 Å². The molecule has 2 aromatic carbocycles. The van der Waals surface area contributed by atoms with E-state index in [0.29, 0.717) is 50.5 Å². The highest BCUT2D eigenvalue weighted by atomic mass is 19.1. The Balaban J connectivity index is 1.36. The maximum absolute atomic E-state index is 13.2. The summed E-state index contributed by atoms with van der Waals surface area (Å²) in [5, 5.41) is 12.5. The molecule has 7 nitrogen and oxygen atoms in total. The Bertz CT molecular complexity index is 1010. The van der Waals surface area contributed by atoms with Gasteiger partial charge in [0.1, 0.15) is 18.0 Å². The first-order valence-electron chi connectivity index (χ1n) is 10.8. The number of nitrogens with one attached hydrogen (secondary N) is 1. The predicted molar refractivity (Wildman–Crippen MR) is 116 cm³/mol. The highest BCUT2D eigenvalue weighted by molar-refractivity contribution is 5.98. The molecular formula is C24H25FN4O3. The standard InChI is InChI=1S/C24H25FN4O3/c25-19-8-6-17(7-9-19)21(16-26)28-10-12-29(13-11-28)24(31)18-3-1-4-20(15-18)27-23(30)22-5-2-14-32-22/h1,3-4,6-9,15,21-22H,2,5,10-14H2,(H,27,30). The first-order valence-corrected chi connectivity index (χ1v) is 10.8. The summed E-state index contributed by atoms with van der Waals surface area (Å²) in [6.45, 7) is 2.62. The van der Waals surface area contributed by atoms with Gasteiger partial charge in [-0.1, -0.05) is 18.2 Å². The van der Waals surface area contributed by atoms with E-state index < -0.39 is 12.1 Å². The van der Waals surface area contributed by atoms with E-state index in [-0.39, 0.29) is 17.6 Å². The molecule has 2 aliphatic heterocycles. The molecule has 0 spiro atoms. The van der Waals surface area contributed by atoms with Crippen LogP contribution in [0.2, 0.25) is 0 Å². The van der Waals surface area contributed by atoms with Gasteiger partial charge in [0.15, 0.2) is 0 Å². The fraction of sp³-hybridized carbons (Fsp3) is 0.375. The van der Waals surface area contributed by atoms with Crippen molar-refractivity contribution in [3.63, 3.8) is 0 Å². The number of nitrogens with zero attached hydrogens (tertiary/aromatic N) is 3. The second-order valence-corrected chi connectivity index (χ2v) is 7.98. The Kier molecular flexibility index (Phi) is 6.78. The Morgan fingerprint density at radius 3 is 2.53 bits per heavy atom. The maximum atomic E-state index is 13.2. The van der Waals surface area contributed by atoms with Gasteiger partial charge < -0.3 is 15.0 Å².